The van der Waals surface area contributed by atoms with Crippen molar-refractivity contribution in [2.24, 2.45) is 5.73 Å². The molecule has 0 amide bonds. The van der Waals surface area contributed by atoms with E-state index in [1.54, 1.807) is 7.11 Å². The molecule has 5 heteroatoms. The lowest BCUT2D eigenvalue weighted by Gasteiger charge is -2.28. The molecule has 0 aliphatic carbocycles. The van der Waals surface area contributed by atoms with Crippen LogP contribution in [0.25, 0.3) is 11.0 Å². The van der Waals surface area contributed by atoms with Gasteiger partial charge in [-0.1, -0.05) is 0 Å². The highest BCUT2D eigenvalue weighted by molar-refractivity contribution is 5.78. The predicted octanol–water partition coefficient (Wildman–Crippen LogP) is 2.24. The monoisotopic (exact) mass is 289 g/mol. The van der Waals surface area contributed by atoms with Crippen LogP contribution in [0.2, 0.25) is 0 Å². The number of hydrogen-bond donors (Lipinski definition) is 1. The first-order valence-corrected chi connectivity index (χ1v) is 7.37. The average molecular weight is 289 g/mol. The summed E-state index contributed by atoms with van der Waals surface area (Å²) in [6.45, 7) is 7.67. The molecule has 2 aromatic rings. The largest absolute Gasteiger partial charge is 0.497 e. The Bertz CT molecular complexity index is 665. The number of benzene rings is 1. The Morgan fingerprint density at radius 3 is 2.81 bits per heavy atom. The first-order chi connectivity index (χ1) is 9.97. The van der Waals surface area contributed by atoms with Crippen LogP contribution >= 0.6 is 0 Å². The molecule has 2 atom stereocenters. The van der Waals surface area contributed by atoms with E-state index in [4.69, 9.17) is 20.2 Å². The predicted molar refractivity (Wildman–Crippen MR) is 82.8 cm³/mol. The van der Waals surface area contributed by atoms with Gasteiger partial charge in [-0.05, 0) is 32.9 Å². The fraction of sp³-hybridized carbons (Fsp3) is 0.562. The molecule has 0 radical (unpaired) electrons. The molecule has 1 aliphatic rings. The van der Waals surface area contributed by atoms with Crippen molar-refractivity contribution in [3.8, 4) is 5.75 Å². The van der Waals surface area contributed by atoms with Crippen molar-refractivity contribution in [1.82, 2.24) is 9.55 Å². The van der Waals surface area contributed by atoms with Gasteiger partial charge in [-0.25, -0.2) is 4.98 Å². The van der Waals surface area contributed by atoms with E-state index in [9.17, 15) is 0 Å². The molecule has 0 bridgehead atoms. The standard InChI is InChI=1S/C16H23N3O2/c1-10(2)19-13-6-5-11(20-4)7-12(13)18-15(19)16(3)9-21-8-14(16)17/h5-7,10,14H,8-9,17H2,1-4H3. The number of ether oxygens (including phenoxy) is 2. The topological polar surface area (TPSA) is 62.3 Å². The summed E-state index contributed by atoms with van der Waals surface area (Å²) in [6, 6.07) is 6.29. The lowest BCUT2D eigenvalue weighted by Crippen LogP contribution is -2.44. The van der Waals surface area contributed by atoms with E-state index in [-0.39, 0.29) is 11.5 Å². The molecule has 3 rings (SSSR count). The smallest absolute Gasteiger partial charge is 0.121 e. The highest BCUT2D eigenvalue weighted by atomic mass is 16.5. The summed E-state index contributed by atoms with van der Waals surface area (Å²) in [5.41, 5.74) is 8.09. The van der Waals surface area contributed by atoms with Gasteiger partial charge < -0.3 is 19.8 Å². The second kappa shape index (κ2) is 5.00. The van der Waals surface area contributed by atoms with Gasteiger partial charge in [-0.3, -0.25) is 0 Å². The van der Waals surface area contributed by atoms with Crippen molar-refractivity contribution >= 4 is 11.0 Å². The number of imidazole rings is 1. The lowest BCUT2D eigenvalue weighted by atomic mass is 9.84. The van der Waals surface area contributed by atoms with Gasteiger partial charge in [0, 0.05) is 18.2 Å². The van der Waals surface area contributed by atoms with E-state index in [1.807, 2.05) is 12.1 Å². The van der Waals surface area contributed by atoms with Gasteiger partial charge in [0.2, 0.25) is 0 Å². The van der Waals surface area contributed by atoms with Gasteiger partial charge in [0.25, 0.3) is 0 Å². The van der Waals surface area contributed by atoms with Crippen LogP contribution in [0.3, 0.4) is 0 Å². The molecule has 2 N–H and O–H groups in total. The van der Waals surface area contributed by atoms with Crippen molar-refractivity contribution in [1.29, 1.82) is 0 Å². The third-order valence-electron chi connectivity index (χ3n) is 4.44. The Labute approximate surface area is 125 Å². The van der Waals surface area contributed by atoms with E-state index < -0.39 is 0 Å². The average Bonchev–Trinajstić information content (AvgIpc) is 3.00. The Morgan fingerprint density at radius 2 is 2.24 bits per heavy atom. The first-order valence-electron chi connectivity index (χ1n) is 7.37. The third kappa shape index (κ3) is 2.12. The van der Waals surface area contributed by atoms with E-state index in [0.717, 1.165) is 22.6 Å². The Balaban J connectivity index is 2.24. The number of rotatable bonds is 3. The number of nitrogens with two attached hydrogens (primary N) is 1. The van der Waals surface area contributed by atoms with Crippen LogP contribution in [0.1, 0.15) is 32.6 Å². The van der Waals surface area contributed by atoms with Crippen LogP contribution < -0.4 is 10.5 Å². The number of aromatic nitrogens is 2. The number of fused-ring (bicyclic) bond motifs is 1. The summed E-state index contributed by atoms with van der Waals surface area (Å²) in [6.07, 6.45) is 0. The molecule has 1 aromatic carbocycles. The minimum absolute atomic E-state index is 0.0336. The molecular formula is C16H23N3O2. The van der Waals surface area contributed by atoms with Gasteiger partial charge in [-0.2, -0.15) is 0 Å². The van der Waals surface area contributed by atoms with Crippen LogP contribution in [-0.4, -0.2) is 35.9 Å². The summed E-state index contributed by atoms with van der Waals surface area (Å²) in [5, 5.41) is 0. The normalized spacial score (nSPS) is 25.9. The molecule has 2 heterocycles. The zero-order valence-electron chi connectivity index (χ0n) is 13.1. The van der Waals surface area contributed by atoms with Crippen molar-refractivity contribution < 1.29 is 9.47 Å². The Morgan fingerprint density at radius 1 is 1.48 bits per heavy atom. The van der Waals surface area contributed by atoms with Gasteiger partial charge >= 0.3 is 0 Å². The summed E-state index contributed by atoms with van der Waals surface area (Å²) in [4.78, 5) is 4.87. The molecule has 2 unspecified atom stereocenters. The van der Waals surface area contributed by atoms with Crippen LogP contribution in [0.15, 0.2) is 18.2 Å². The van der Waals surface area contributed by atoms with Crippen molar-refractivity contribution in [3.63, 3.8) is 0 Å². The minimum atomic E-state index is -0.253. The van der Waals surface area contributed by atoms with Gasteiger partial charge in [0.15, 0.2) is 0 Å². The molecule has 1 saturated heterocycles. The number of nitrogens with zero attached hydrogens (tertiary/aromatic N) is 2. The van der Waals surface area contributed by atoms with E-state index >= 15 is 0 Å². The summed E-state index contributed by atoms with van der Waals surface area (Å²) in [5.74, 6) is 1.82. The second-order valence-corrected chi connectivity index (χ2v) is 6.29. The van der Waals surface area contributed by atoms with E-state index in [1.165, 1.54) is 0 Å². The summed E-state index contributed by atoms with van der Waals surface area (Å²) < 4.78 is 13.2. The van der Waals surface area contributed by atoms with Crippen molar-refractivity contribution in [3.05, 3.63) is 24.0 Å². The molecule has 0 spiro atoms. The maximum absolute atomic E-state index is 6.29. The molecule has 1 aromatic heterocycles. The number of hydrogen-bond acceptors (Lipinski definition) is 4. The molecule has 1 fully saturated rings. The third-order valence-corrected chi connectivity index (χ3v) is 4.44. The molecular weight excluding hydrogens is 266 g/mol. The Kier molecular flexibility index (Phi) is 3.42. The second-order valence-electron chi connectivity index (χ2n) is 6.29. The number of methoxy groups -OCH3 is 1. The zero-order valence-corrected chi connectivity index (χ0v) is 13.1. The van der Waals surface area contributed by atoms with Crippen molar-refractivity contribution in [2.75, 3.05) is 20.3 Å². The fourth-order valence-corrected chi connectivity index (χ4v) is 3.05. The maximum Gasteiger partial charge on any atom is 0.121 e. The molecule has 114 valence electrons. The summed E-state index contributed by atoms with van der Waals surface area (Å²) >= 11 is 0. The fourth-order valence-electron chi connectivity index (χ4n) is 3.05. The Hall–Kier alpha value is -1.59. The molecule has 5 nitrogen and oxygen atoms in total. The molecule has 1 aliphatic heterocycles. The van der Waals surface area contributed by atoms with Crippen molar-refractivity contribution in [2.45, 2.75) is 38.3 Å². The van der Waals surface area contributed by atoms with Gasteiger partial charge in [0.05, 0.1) is 36.8 Å². The minimum Gasteiger partial charge on any atom is -0.497 e. The first kappa shape index (κ1) is 14.4. The van der Waals surface area contributed by atoms with Crippen LogP contribution in [0.4, 0.5) is 0 Å². The van der Waals surface area contributed by atoms with E-state index in [0.29, 0.717) is 19.3 Å². The molecule has 0 saturated carbocycles. The van der Waals surface area contributed by atoms with Crippen LogP contribution in [-0.2, 0) is 10.2 Å². The SMILES string of the molecule is COc1ccc2c(c1)nc(C1(C)COCC1N)n2C(C)C. The van der Waals surface area contributed by atoms with Gasteiger partial charge in [-0.15, -0.1) is 0 Å². The summed E-state index contributed by atoms with van der Waals surface area (Å²) in [7, 11) is 1.67. The van der Waals surface area contributed by atoms with E-state index in [2.05, 4.69) is 31.4 Å². The lowest BCUT2D eigenvalue weighted by molar-refractivity contribution is 0.177. The quantitative estimate of drug-likeness (QED) is 0.941. The molecule has 21 heavy (non-hydrogen) atoms. The highest BCUT2D eigenvalue weighted by Gasteiger charge is 2.43. The van der Waals surface area contributed by atoms with Gasteiger partial charge in [0.1, 0.15) is 11.6 Å². The zero-order chi connectivity index (χ0) is 15.2. The van der Waals surface area contributed by atoms with Crippen LogP contribution in [0.5, 0.6) is 5.75 Å². The maximum atomic E-state index is 6.29. The van der Waals surface area contributed by atoms with Crippen LogP contribution in [0, 0.1) is 0 Å². The highest BCUT2D eigenvalue weighted by Crippen LogP contribution is 2.36.